The van der Waals surface area contributed by atoms with Crippen LogP contribution in [0.15, 0.2) is 64.2 Å². The first-order chi connectivity index (χ1) is 12.2. The number of fused-ring (bicyclic) bond motifs is 4. The number of nitrogens with zero attached hydrogens (tertiary/aromatic N) is 2. The number of hydrogen-bond acceptors (Lipinski definition) is 4. The molecule has 0 aliphatic rings. The van der Waals surface area contributed by atoms with Crippen LogP contribution in [-0.2, 0) is 0 Å². The van der Waals surface area contributed by atoms with Crippen LogP contribution in [0.5, 0.6) is 0 Å². The van der Waals surface area contributed by atoms with E-state index in [9.17, 15) is 9.59 Å². The maximum Gasteiger partial charge on any atom is 0.274 e. The molecule has 0 bridgehead atoms. The Morgan fingerprint density at radius 2 is 1.84 bits per heavy atom. The fourth-order valence-corrected chi connectivity index (χ4v) is 4.00. The maximum atomic E-state index is 12.8. The summed E-state index contributed by atoms with van der Waals surface area (Å²) in [5, 5.41) is 0.924. The fourth-order valence-electron chi connectivity index (χ4n) is 3.02. The highest BCUT2D eigenvalue weighted by atomic mass is 32.1. The molecule has 0 amide bonds. The number of H-pyrrole nitrogens is 1. The molecule has 5 rings (SSSR count). The predicted molar refractivity (Wildman–Crippen MR) is 100 cm³/mol. The molecular formula is C19H11N3O2S. The Bertz CT molecular complexity index is 1440. The average Bonchev–Trinajstić information content (AvgIpc) is 3.12. The molecule has 0 aliphatic carbocycles. The maximum absolute atomic E-state index is 12.8. The van der Waals surface area contributed by atoms with Gasteiger partial charge in [-0.1, -0.05) is 41.7 Å². The van der Waals surface area contributed by atoms with Crippen LogP contribution in [0.4, 0.5) is 0 Å². The van der Waals surface area contributed by atoms with Gasteiger partial charge in [0.15, 0.2) is 4.96 Å². The fraction of sp³-hybridized carbons (Fsp3) is 0. The monoisotopic (exact) mass is 345 g/mol. The third-order valence-corrected chi connectivity index (χ3v) is 5.18. The van der Waals surface area contributed by atoms with Gasteiger partial charge in [-0.25, -0.2) is 9.38 Å². The summed E-state index contributed by atoms with van der Waals surface area (Å²) >= 11 is 1.29. The van der Waals surface area contributed by atoms with E-state index in [-0.39, 0.29) is 11.1 Å². The summed E-state index contributed by atoms with van der Waals surface area (Å²) in [4.78, 5) is 33.0. The van der Waals surface area contributed by atoms with E-state index in [1.807, 2.05) is 48.5 Å². The van der Waals surface area contributed by atoms with E-state index in [0.717, 1.165) is 21.9 Å². The number of benzene rings is 2. The molecule has 0 atom stereocenters. The molecule has 1 N–H and O–H groups in total. The number of nitrogens with one attached hydrogen (secondary N) is 1. The van der Waals surface area contributed by atoms with Gasteiger partial charge in [0.2, 0.25) is 0 Å². The summed E-state index contributed by atoms with van der Waals surface area (Å²) in [7, 11) is 0. The zero-order valence-corrected chi connectivity index (χ0v) is 13.7. The van der Waals surface area contributed by atoms with Gasteiger partial charge in [0.25, 0.3) is 11.1 Å². The minimum absolute atomic E-state index is 0.152. The normalized spacial score (nSPS) is 12.6. The van der Waals surface area contributed by atoms with Crippen LogP contribution in [0.1, 0.15) is 5.56 Å². The van der Waals surface area contributed by atoms with E-state index in [1.165, 1.54) is 11.3 Å². The number of hydrogen-bond donors (Lipinski definition) is 1. The number of pyridine rings is 1. The molecule has 0 fully saturated rings. The lowest BCUT2D eigenvalue weighted by atomic mass is 10.1. The SMILES string of the molecule is O=c1[nH]c2ccccc2cc1/C=c1\sc2nc3ccccc3n2c1=O. The highest BCUT2D eigenvalue weighted by Gasteiger charge is 2.11. The van der Waals surface area contributed by atoms with Crippen molar-refractivity contribution >= 4 is 44.3 Å². The average molecular weight is 345 g/mol. The molecule has 0 spiro atoms. The zero-order chi connectivity index (χ0) is 17.0. The van der Waals surface area contributed by atoms with Crippen molar-refractivity contribution < 1.29 is 0 Å². The number of aromatic nitrogens is 3. The van der Waals surface area contributed by atoms with E-state index < -0.39 is 0 Å². The molecule has 0 radical (unpaired) electrons. The summed E-state index contributed by atoms with van der Waals surface area (Å²) in [6.07, 6.45) is 1.64. The molecule has 120 valence electrons. The topological polar surface area (TPSA) is 67.2 Å². The molecule has 5 nitrogen and oxygen atoms in total. The molecule has 0 unspecified atom stereocenters. The molecule has 3 heterocycles. The third-order valence-electron chi connectivity index (χ3n) is 4.21. The van der Waals surface area contributed by atoms with Gasteiger partial charge in [-0.3, -0.25) is 9.59 Å². The largest absolute Gasteiger partial charge is 0.321 e. The minimum Gasteiger partial charge on any atom is -0.321 e. The van der Waals surface area contributed by atoms with Crippen molar-refractivity contribution in [2.75, 3.05) is 0 Å². The number of aromatic amines is 1. The summed E-state index contributed by atoms with van der Waals surface area (Å²) in [5.74, 6) is 0. The lowest BCUT2D eigenvalue weighted by Gasteiger charge is -1.98. The summed E-state index contributed by atoms with van der Waals surface area (Å²) in [5.41, 5.74) is 2.45. The highest BCUT2D eigenvalue weighted by Crippen LogP contribution is 2.16. The predicted octanol–water partition coefficient (Wildman–Crippen LogP) is 2.30. The lowest BCUT2D eigenvalue weighted by molar-refractivity contribution is 1.19. The number of rotatable bonds is 1. The molecular weight excluding hydrogens is 334 g/mol. The van der Waals surface area contributed by atoms with Crippen LogP contribution < -0.4 is 15.7 Å². The smallest absolute Gasteiger partial charge is 0.274 e. The van der Waals surface area contributed by atoms with Crippen LogP contribution in [0.3, 0.4) is 0 Å². The second kappa shape index (κ2) is 5.12. The first kappa shape index (κ1) is 14.1. The van der Waals surface area contributed by atoms with Crippen molar-refractivity contribution in [2.24, 2.45) is 0 Å². The Morgan fingerprint density at radius 1 is 1.04 bits per heavy atom. The number of para-hydroxylation sites is 3. The Morgan fingerprint density at radius 3 is 2.76 bits per heavy atom. The van der Waals surface area contributed by atoms with E-state index >= 15 is 0 Å². The van der Waals surface area contributed by atoms with Crippen LogP contribution in [-0.4, -0.2) is 14.4 Å². The van der Waals surface area contributed by atoms with E-state index in [1.54, 1.807) is 16.5 Å². The molecule has 0 saturated carbocycles. The second-order valence-corrected chi connectivity index (χ2v) is 6.78. The second-order valence-electron chi connectivity index (χ2n) is 5.78. The van der Waals surface area contributed by atoms with E-state index in [2.05, 4.69) is 9.97 Å². The van der Waals surface area contributed by atoms with Gasteiger partial charge in [-0.15, -0.1) is 0 Å². The van der Waals surface area contributed by atoms with Gasteiger partial charge in [-0.05, 0) is 35.7 Å². The first-order valence-corrected chi connectivity index (χ1v) is 8.56. The molecule has 0 aliphatic heterocycles. The van der Waals surface area contributed by atoms with Gasteiger partial charge < -0.3 is 4.98 Å². The Hall–Kier alpha value is -3.25. The molecule has 3 aromatic heterocycles. The number of thiazole rings is 1. The van der Waals surface area contributed by atoms with Crippen LogP contribution in [0, 0.1) is 0 Å². The molecule has 2 aromatic carbocycles. The minimum atomic E-state index is -0.214. The van der Waals surface area contributed by atoms with Gasteiger partial charge in [0, 0.05) is 11.1 Å². The summed E-state index contributed by atoms with van der Waals surface area (Å²) < 4.78 is 2.09. The van der Waals surface area contributed by atoms with Crippen molar-refractivity contribution in [3.63, 3.8) is 0 Å². The Kier molecular flexibility index (Phi) is 2.89. The van der Waals surface area contributed by atoms with E-state index in [0.29, 0.717) is 15.1 Å². The van der Waals surface area contributed by atoms with Gasteiger partial charge in [0.1, 0.15) is 0 Å². The highest BCUT2D eigenvalue weighted by molar-refractivity contribution is 7.15. The lowest BCUT2D eigenvalue weighted by Crippen LogP contribution is -2.24. The van der Waals surface area contributed by atoms with Crippen molar-refractivity contribution in [1.82, 2.24) is 14.4 Å². The van der Waals surface area contributed by atoms with Gasteiger partial charge in [0.05, 0.1) is 15.6 Å². The zero-order valence-electron chi connectivity index (χ0n) is 12.9. The first-order valence-electron chi connectivity index (χ1n) is 7.74. The van der Waals surface area contributed by atoms with Crippen molar-refractivity contribution in [3.8, 4) is 0 Å². The van der Waals surface area contributed by atoms with Gasteiger partial charge in [-0.2, -0.15) is 0 Å². The van der Waals surface area contributed by atoms with Crippen LogP contribution in [0.2, 0.25) is 0 Å². The summed E-state index contributed by atoms with van der Waals surface area (Å²) in [6.45, 7) is 0. The van der Waals surface area contributed by atoms with Gasteiger partial charge >= 0.3 is 0 Å². The quantitative estimate of drug-likeness (QED) is 0.507. The molecule has 0 saturated heterocycles. The number of imidazole rings is 1. The van der Waals surface area contributed by atoms with Crippen molar-refractivity contribution in [1.29, 1.82) is 0 Å². The van der Waals surface area contributed by atoms with Crippen LogP contribution >= 0.6 is 11.3 Å². The standard InChI is InChI=1S/C19H11N3O2S/c23-17-12(9-11-5-1-2-6-13(11)20-17)10-16-18(24)22-15-8-4-3-7-14(15)21-19(22)25-16/h1-10H,(H,20,23)/b16-10-. The van der Waals surface area contributed by atoms with Crippen LogP contribution in [0.25, 0.3) is 33.0 Å². The van der Waals surface area contributed by atoms with E-state index in [4.69, 9.17) is 0 Å². The molecule has 25 heavy (non-hydrogen) atoms. The van der Waals surface area contributed by atoms with Crippen molar-refractivity contribution in [2.45, 2.75) is 0 Å². The summed E-state index contributed by atoms with van der Waals surface area (Å²) in [6, 6.07) is 16.9. The Balaban J connectivity index is 1.81. The molecule has 6 heteroatoms. The molecule has 5 aromatic rings. The third kappa shape index (κ3) is 2.11. The van der Waals surface area contributed by atoms with Crippen molar-refractivity contribution in [3.05, 3.63) is 85.4 Å². The Labute approximate surface area is 144 Å².